The minimum absolute atomic E-state index is 0.227. The van der Waals surface area contributed by atoms with Crippen LogP contribution < -0.4 is 10.6 Å². The summed E-state index contributed by atoms with van der Waals surface area (Å²) in [6.07, 6.45) is 0.883. The predicted molar refractivity (Wildman–Crippen MR) is 78.0 cm³/mol. The van der Waals surface area contributed by atoms with Crippen LogP contribution in [0.2, 0.25) is 10.0 Å². The SMILES string of the molecule is CCNc1nc(NC(C)CCOC)c(Cl)cc1Cl. The number of halogens is 2. The van der Waals surface area contributed by atoms with E-state index in [-0.39, 0.29) is 6.04 Å². The molecular weight excluding hydrogens is 273 g/mol. The number of ether oxygens (including phenoxy) is 1. The van der Waals surface area contributed by atoms with Gasteiger partial charge in [0.05, 0.1) is 10.0 Å². The molecule has 2 N–H and O–H groups in total. The Morgan fingerprint density at radius 3 is 2.61 bits per heavy atom. The molecule has 0 saturated heterocycles. The lowest BCUT2D eigenvalue weighted by molar-refractivity contribution is 0.191. The van der Waals surface area contributed by atoms with Gasteiger partial charge in [0.25, 0.3) is 0 Å². The van der Waals surface area contributed by atoms with Gasteiger partial charge in [-0.25, -0.2) is 4.98 Å². The van der Waals surface area contributed by atoms with Gasteiger partial charge in [0.1, 0.15) is 11.6 Å². The van der Waals surface area contributed by atoms with E-state index >= 15 is 0 Å². The molecule has 1 heterocycles. The van der Waals surface area contributed by atoms with Gasteiger partial charge in [-0.05, 0) is 26.3 Å². The van der Waals surface area contributed by atoms with Gasteiger partial charge in [0.2, 0.25) is 0 Å². The second-order valence-corrected chi connectivity index (χ2v) is 4.82. The molecule has 6 heteroatoms. The predicted octanol–water partition coefficient (Wildman–Crippen LogP) is 3.66. The normalized spacial score (nSPS) is 12.3. The molecule has 0 saturated carbocycles. The fourth-order valence-corrected chi connectivity index (χ4v) is 1.94. The van der Waals surface area contributed by atoms with E-state index < -0.39 is 0 Å². The molecule has 0 fully saturated rings. The minimum atomic E-state index is 0.227. The first-order valence-corrected chi connectivity index (χ1v) is 6.69. The minimum Gasteiger partial charge on any atom is -0.385 e. The standard InChI is InChI=1S/C12H19Cl2N3O/c1-4-15-11-9(13)7-10(14)12(17-11)16-8(2)5-6-18-3/h7-8H,4-6H2,1-3H3,(H2,15,16,17). The van der Waals surface area contributed by atoms with E-state index in [2.05, 4.69) is 22.5 Å². The highest BCUT2D eigenvalue weighted by atomic mass is 35.5. The van der Waals surface area contributed by atoms with Gasteiger partial charge in [0.15, 0.2) is 0 Å². The molecule has 4 nitrogen and oxygen atoms in total. The first kappa shape index (κ1) is 15.3. The zero-order valence-corrected chi connectivity index (χ0v) is 12.4. The second kappa shape index (κ2) is 7.67. The molecule has 1 aromatic heterocycles. The van der Waals surface area contributed by atoms with Gasteiger partial charge in [-0.2, -0.15) is 0 Å². The number of hydrogen-bond acceptors (Lipinski definition) is 4. The molecule has 0 aliphatic rings. The Morgan fingerprint density at radius 2 is 2.00 bits per heavy atom. The Morgan fingerprint density at radius 1 is 1.33 bits per heavy atom. The van der Waals surface area contributed by atoms with Crippen LogP contribution in [0.25, 0.3) is 0 Å². The monoisotopic (exact) mass is 291 g/mol. The van der Waals surface area contributed by atoms with Gasteiger partial charge in [-0.15, -0.1) is 0 Å². The maximum absolute atomic E-state index is 6.11. The van der Waals surface area contributed by atoms with E-state index in [0.717, 1.165) is 13.0 Å². The van der Waals surface area contributed by atoms with Crippen molar-refractivity contribution in [1.29, 1.82) is 0 Å². The summed E-state index contributed by atoms with van der Waals surface area (Å²) in [7, 11) is 1.68. The second-order valence-electron chi connectivity index (χ2n) is 4.01. The fraction of sp³-hybridized carbons (Fsp3) is 0.583. The van der Waals surface area contributed by atoms with Crippen LogP contribution in [0.5, 0.6) is 0 Å². The zero-order valence-electron chi connectivity index (χ0n) is 10.9. The smallest absolute Gasteiger partial charge is 0.147 e. The number of nitrogens with one attached hydrogen (secondary N) is 2. The highest BCUT2D eigenvalue weighted by Crippen LogP contribution is 2.29. The topological polar surface area (TPSA) is 46.2 Å². The lowest BCUT2D eigenvalue weighted by atomic mass is 10.2. The molecule has 1 atom stereocenters. The van der Waals surface area contributed by atoms with E-state index in [4.69, 9.17) is 27.9 Å². The highest BCUT2D eigenvalue weighted by molar-refractivity contribution is 6.37. The lowest BCUT2D eigenvalue weighted by Gasteiger charge is -2.16. The van der Waals surface area contributed by atoms with Crippen molar-refractivity contribution in [3.05, 3.63) is 16.1 Å². The van der Waals surface area contributed by atoms with Gasteiger partial charge >= 0.3 is 0 Å². The quantitative estimate of drug-likeness (QED) is 0.805. The summed E-state index contributed by atoms with van der Waals surface area (Å²) >= 11 is 12.2. The number of pyridine rings is 1. The Labute approximate surface area is 118 Å². The average molecular weight is 292 g/mol. The molecule has 0 radical (unpaired) electrons. The van der Waals surface area contributed by atoms with Crippen LogP contribution in [0.4, 0.5) is 11.6 Å². The van der Waals surface area contributed by atoms with Crippen LogP contribution in [0.1, 0.15) is 20.3 Å². The Balaban J connectivity index is 2.78. The fourth-order valence-electron chi connectivity index (χ4n) is 1.46. The van der Waals surface area contributed by atoms with Crippen LogP contribution in [-0.2, 0) is 4.74 Å². The van der Waals surface area contributed by atoms with Crippen LogP contribution in [0, 0.1) is 0 Å². The average Bonchev–Trinajstić information content (AvgIpc) is 2.33. The lowest BCUT2D eigenvalue weighted by Crippen LogP contribution is -2.18. The van der Waals surface area contributed by atoms with Crippen molar-refractivity contribution in [1.82, 2.24) is 4.98 Å². The Kier molecular flexibility index (Phi) is 6.54. The highest BCUT2D eigenvalue weighted by Gasteiger charge is 2.11. The Bertz CT molecular complexity index is 388. The molecule has 1 aromatic rings. The molecule has 18 heavy (non-hydrogen) atoms. The number of aromatic nitrogens is 1. The van der Waals surface area contributed by atoms with Crippen LogP contribution in [-0.4, -0.2) is 31.3 Å². The molecule has 1 unspecified atom stereocenters. The maximum atomic E-state index is 6.11. The molecule has 102 valence electrons. The van der Waals surface area contributed by atoms with Crippen LogP contribution in [0.15, 0.2) is 6.07 Å². The maximum Gasteiger partial charge on any atom is 0.147 e. The molecule has 0 aliphatic heterocycles. The van der Waals surface area contributed by atoms with Crippen molar-refractivity contribution < 1.29 is 4.74 Å². The first-order valence-electron chi connectivity index (χ1n) is 5.93. The van der Waals surface area contributed by atoms with E-state index in [1.54, 1.807) is 13.2 Å². The van der Waals surface area contributed by atoms with Crippen LogP contribution in [0.3, 0.4) is 0 Å². The third-order valence-corrected chi connectivity index (χ3v) is 2.99. The number of anilines is 2. The number of nitrogens with zero attached hydrogens (tertiary/aromatic N) is 1. The third-order valence-electron chi connectivity index (χ3n) is 2.41. The van der Waals surface area contributed by atoms with E-state index in [1.165, 1.54) is 0 Å². The van der Waals surface area contributed by atoms with Crippen molar-refractivity contribution in [2.75, 3.05) is 30.9 Å². The van der Waals surface area contributed by atoms with E-state index in [9.17, 15) is 0 Å². The molecule has 0 spiro atoms. The largest absolute Gasteiger partial charge is 0.385 e. The van der Waals surface area contributed by atoms with Crippen molar-refractivity contribution in [3.8, 4) is 0 Å². The summed E-state index contributed by atoms with van der Waals surface area (Å²) in [5, 5.41) is 7.39. The van der Waals surface area contributed by atoms with Crippen molar-refractivity contribution in [2.24, 2.45) is 0 Å². The van der Waals surface area contributed by atoms with Crippen LogP contribution >= 0.6 is 23.2 Å². The molecule has 1 rings (SSSR count). The summed E-state index contributed by atoms with van der Waals surface area (Å²) in [6.45, 7) is 5.49. The van der Waals surface area contributed by atoms with E-state index in [1.807, 2.05) is 6.92 Å². The third kappa shape index (κ3) is 4.52. The van der Waals surface area contributed by atoms with Gasteiger partial charge < -0.3 is 15.4 Å². The molecule has 0 amide bonds. The van der Waals surface area contributed by atoms with Gasteiger partial charge in [-0.3, -0.25) is 0 Å². The summed E-state index contributed by atoms with van der Waals surface area (Å²) < 4.78 is 5.03. The number of hydrogen-bond donors (Lipinski definition) is 2. The number of rotatable bonds is 7. The van der Waals surface area contributed by atoms with Crippen molar-refractivity contribution in [2.45, 2.75) is 26.3 Å². The molecule has 0 aromatic carbocycles. The molecular formula is C12H19Cl2N3O. The van der Waals surface area contributed by atoms with Gasteiger partial charge in [0, 0.05) is 26.3 Å². The molecule has 0 bridgehead atoms. The summed E-state index contributed by atoms with van der Waals surface area (Å²) in [5.41, 5.74) is 0. The van der Waals surface area contributed by atoms with E-state index in [0.29, 0.717) is 28.3 Å². The van der Waals surface area contributed by atoms with Crippen molar-refractivity contribution in [3.63, 3.8) is 0 Å². The summed E-state index contributed by atoms with van der Waals surface area (Å²) in [6, 6.07) is 1.92. The summed E-state index contributed by atoms with van der Waals surface area (Å²) in [4.78, 5) is 4.38. The Hall–Kier alpha value is -0.710. The van der Waals surface area contributed by atoms with Crippen molar-refractivity contribution >= 4 is 34.8 Å². The molecule has 0 aliphatic carbocycles. The summed E-state index contributed by atoms with van der Waals surface area (Å²) in [5.74, 6) is 1.28. The van der Waals surface area contributed by atoms with Gasteiger partial charge in [-0.1, -0.05) is 23.2 Å². The zero-order chi connectivity index (χ0) is 13.5. The first-order chi connectivity index (χ1) is 8.58. The number of methoxy groups -OCH3 is 1.